The van der Waals surface area contributed by atoms with Crippen molar-refractivity contribution in [1.82, 2.24) is 0 Å². The standard InChI is InChI=1S/C27H39NO10/c1-4-13-34-26(32)37-20-12-11-19(15-21(20)38-27(33)35-14-5-2)22(23(28)24(29)30)17(3)16-36-25(31)18-9-7-6-8-10-18/h11-12,15,17-18,22-23H,4-10,13-14,16,28H2,1-3H3,(H,29,30)/t17?,22?,23-/m0/s1. The summed E-state index contributed by atoms with van der Waals surface area (Å²) in [6.07, 6.45) is 3.74. The number of carboxylic acid groups (broad SMARTS) is 1. The Labute approximate surface area is 222 Å². The minimum atomic E-state index is -1.36. The first-order chi connectivity index (χ1) is 18.2. The largest absolute Gasteiger partial charge is 0.513 e. The van der Waals surface area contributed by atoms with Crippen molar-refractivity contribution in [1.29, 1.82) is 0 Å². The summed E-state index contributed by atoms with van der Waals surface area (Å²) in [5, 5.41) is 9.69. The maximum absolute atomic E-state index is 12.5. The number of carboxylic acids is 1. The number of carbonyl (C=O) groups is 4. The van der Waals surface area contributed by atoms with E-state index in [2.05, 4.69) is 0 Å². The highest BCUT2D eigenvalue weighted by Crippen LogP contribution is 2.36. The molecule has 38 heavy (non-hydrogen) atoms. The number of nitrogens with two attached hydrogens (primary N) is 1. The van der Waals surface area contributed by atoms with Gasteiger partial charge in [0.1, 0.15) is 6.04 Å². The van der Waals surface area contributed by atoms with E-state index in [-0.39, 0.29) is 43.2 Å². The zero-order chi connectivity index (χ0) is 28.1. The van der Waals surface area contributed by atoms with Crippen LogP contribution in [0.15, 0.2) is 18.2 Å². The van der Waals surface area contributed by atoms with E-state index in [9.17, 15) is 24.3 Å². The molecule has 0 amide bonds. The van der Waals surface area contributed by atoms with Crippen LogP contribution >= 0.6 is 0 Å². The van der Waals surface area contributed by atoms with Gasteiger partial charge in [0.05, 0.1) is 25.7 Å². The van der Waals surface area contributed by atoms with Gasteiger partial charge >= 0.3 is 24.2 Å². The molecule has 3 N–H and O–H groups in total. The summed E-state index contributed by atoms with van der Waals surface area (Å²) in [7, 11) is 0. The normalized spacial score (nSPS) is 16.0. The minimum Gasteiger partial charge on any atom is -0.480 e. The Morgan fingerprint density at radius 2 is 1.50 bits per heavy atom. The molecule has 11 nitrogen and oxygen atoms in total. The molecule has 1 aromatic rings. The molecule has 0 bridgehead atoms. The van der Waals surface area contributed by atoms with E-state index in [4.69, 9.17) is 29.4 Å². The van der Waals surface area contributed by atoms with Crippen molar-refractivity contribution in [3.05, 3.63) is 23.8 Å². The number of aliphatic carboxylic acids is 1. The van der Waals surface area contributed by atoms with Crippen LogP contribution in [0.5, 0.6) is 11.5 Å². The molecule has 0 aromatic heterocycles. The fourth-order valence-electron chi connectivity index (χ4n) is 4.32. The van der Waals surface area contributed by atoms with Crippen LogP contribution in [0, 0.1) is 11.8 Å². The van der Waals surface area contributed by atoms with Gasteiger partial charge in [-0.2, -0.15) is 0 Å². The molecular formula is C27H39NO10. The molecule has 0 saturated heterocycles. The first-order valence-corrected chi connectivity index (χ1v) is 13.2. The molecule has 0 aliphatic heterocycles. The third-order valence-electron chi connectivity index (χ3n) is 6.30. The fourth-order valence-corrected chi connectivity index (χ4v) is 4.32. The molecule has 0 heterocycles. The highest BCUT2D eigenvalue weighted by molar-refractivity contribution is 5.75. The Hall–Kier alpha value is -3.34. The lowest BCUT2D eigenvalue weighted by atomic mass is 9.82. The smallest absolute Gasteiger partial charge is 0.480 e. The predicted molar refractivity (Wildman–Crippen MR) is 136 cm³/mol. The van der Waals surface area contributed by atoms with Gasteiger partial charge in [-0.1, -0.05) is 46.1 Å². The number of rotatable bonds is 13. The molecule has 3 atom stereocenters. The molecule has 0 spiro atoms. The molecule has 1 saturated carbocycles. The topological polar surface area (TPSA) is 161 Å². The van der Waals surface area contributed by atoms with E-state index in [1.54, 1.807) is 6.92 Å². The van der Waals surface area contributed by atoms with Gasteiger partial charge in [0.2, 0.25) is 0 Å². The van der Waals surface area contributed by atoms with Crippen molar-refractivity contribution >= 4 is 24.2 Å². The number of hydrogen-bond donors (Lipinski definition) is 2. The minimum absolute atomic E-state index is 0.0443. The van der Waals surface area contributed by atoms with Crippen LogP contribution in [0.4, 0.5) is 9.59 Å². The van der Waals surface area contributed by atoms with Crippen molar-refractivity contribution in [2.75, 3.05) is 19.8 Å². The van der Waals surface area contributed by atoms with Gasteiger partial charge in [0.25, 0.3) is 0 Å². The monoisotopic (exact) mass is 537 g/mol. The second-order valence-electron chi connectivity index (χ2n) is 9.44. The van der Waals surface area contributed by atoms with Crippen molar-refractivity contribution in [3.63, 3.8) is 0 Å². The van der Waals surface area contributed by atoms with E-state index >= 15 is 0 Å². The zero-order valence-corrected chi connectivity index (χ0v) is 22.3. The number of benzene rings is 1. The van der Waals surface area contributed by atoms with Crippen molar-refractivity contribution in [2.24, 2.45) is 17.6 Å². The molecule has 1 aliphatic carbocycles. The summed E-state index contributed by atoms with van der Waals surface area (Å²) in [5.74, 6) is -3.34. The third kappa shape index (κ3) is 9.51. The van der Waals surface area contributed by atoms with Gasteiger partial charge in [-0.3, -0.25) is 9.59 Å². The Balaban J connectivity index is 2.30. The summed E-state index contributed by atoms with van der Waals surface area (Å²) in [4.78, 5) is 48.6. The molecule has 1 aromatic carbocycles. The van der Waals surface area contributed by atoms with E-state index in [0.29, 0.717) is 18.4 Å². The first kappa shape index (κ1) is 30.9. The second-order valence-corrected chi connectivity index (χ2v) is 9.44. The predicted octanol–water partition coefficient (Wildman–Crippen LogP) is 4.79. The summed E-state index contributed by atoms with van der Waals surface area (Å²) in [5.41, 5.74) is 6.44. The van der Waals surface area contributed by atoms with Crippen molar-refractivity contribution in [3.8, 4) is 11.5 Å². The van der Waals surface area contributed by atoms with Gasteiger partial charge in [-0.15, -0.1) is 0 Å². The third-order valence-corrected chi connectivity index (χ3v) is 6.30. The highest BCUT2D eigenvalue weighted by Gasteiger charge is 2.33. The van der Waals surface area contributed by atoms with E-state index < -0.39 is 36.2 Å². The summed E-state index contributed by atoms with van der Waals surface area (Å²) in [6.45, 7) is 5.56. The molecule has 1 aliphatic rings. The molecule has 212 valence electrons. The Morgan fingerprint density at radius 3 is 2.05 bits per heavy atom. The fraction of sp³-hybridized carbons (Fsp3) is 0.630. The molecule has 0 radical (unpaired) electrons. The molecule has 2 unspecified atom stereocenters. The summed E-state index contributed by atoms with van der Waals surface area (Å²) >= 11 is 0. The van der Waals surface area contributed by atoms with Crippen LogP contribution in [0.2, 0.25) is 0 Å². The second kappa shape index (κ2) is 15.8. The average Bonchev–Trinajstić information content (AvgIpc) is 2.91. The number of esters is 1. The maximum atomic E-state index is 12.5. The van der Waals surface area contributed by atoms with Crippen LogP contribution in [-0.2, 0) is 23.8 Å². The van der Waals surface area contributed by atoms with Crippen LogP contribution in [0.25, 0.3) is 0 Å². The van der Waals surface area contributed by atoms with E-state index in [0.717, 1.165) is 32.1 Å². The van der Waals surface area contributed by atoms with Gasteiger partial charge < -0.3 is 34.5 Å². The summed E-state index contributed by atoms with van der Waals surface area (Å²) in [6, 6.07) is 2.87. The molecule has 2 rings (SSSR count). The first-order valence-electron chi connectivity index (χ1n) is 13.2. The highest BCUT2D eigenvalue weighted by atomic mass is 16.7. The molecular weight excluding hydrogens is 498 g/mol. The Bertz CT molecular complexity index is 944. The van der Waals surface area contributed by atoms with Crippen LogP contribution in [-0.4, -0.2) is 55.2 Å². The number of carbonyl (C=O) groups excluding carboxylic acids is 3. The van der Waals surface area contributed by atoms with Gasteiger partial charge in [-0.05, 0) is 49.3 Å². The lowest BCUT2D eigenvalue weighted by Crippen LogP contribution is -2.41. The van der Waals surface area contributed by atoms with Crippen LogP contribution in [0.3, 0.4) is 0 Å². The number of hydrogen-bond acceptors (Lipinski definition) is 10. The van der Waals surface area contributed by atoms with Gasteiger partial charge in [0.15, 0.2) is 11.5 Å². The van der Waals surface area contributed by atoms with Crippen LogP contribution in [0.1, 0.15) is 77.2 Å². The zero-order valence-electron chi connectivity index (χ0n) is 22.3. The SMILES string of the molecule is CCCOC(=O)Oc1ccc(C(C(C)COC(=O)C2CCCCC2)[C@H](N)C(=O)O)cc1OC(=O)OCCC. The Morgan fingerprint density at radius 1 is 0.921 bits per heavy atom. The summed E-state index contributed by atoms with van der Waals surface area (Å²) < 4.78 is 25.9. The van der Waals surface area contributed by atoms with E-state index in [1.165, 1.54) is 18.2 Å². The molecule has 11 heteroatoms. The quantitative estimate of drug-likeness (QED) is 0.202. The van der Waals surface area contributed by atoms with Crippen LogP contribution < -0.4 is 15.2 Å². The molecule has 1 fully saturated rings. The maximum Gasteiger partial charge on any atom is 0.513 e. The van der Waals surface area contributed by atoms with Crippen molar-refractivity contribution < 1.29 is 48.0 Å². The van der Waals surface area contributed by atoms with Crippen molar-refractivity contribution in [2.45, 2.75) is 77.7 Å². The number of ether oxygens (including phenoxy) is 5. The lowest BCUT2D eigenvalue weighted by Gasteiger charge is -2.29. The van der Waals surface area contributed by atoms with Gasteiger partial charge in [-0.25, -0.2) is 9.59 Å². The van der Waals surface area contributed by atoms with Gasteiger partial charge in [0, 0.05) is 5.92 Å². The Kier molecular flexibility index (Phi) is 12.8. The average molecular weight is 538 g/mol. The lowest BCUT2D eigenvalue weighted by molar-refractivity contribution is -0.151. The van der Waals surface area contributed by atoms with E-state index in [1.807, 2.05) is 13.8 Å².